The van der Waals surface area contributed by atoms with Gasteiger partial charge in [0.25, 0.3) is 0 Å². The van der Waals surface area contributed by atoms with Crippen molar-refractivity contribution in [2.45, 2.75) is 84.0 Å². The predicted octanol–water partition coefficient (Wildman–Crippen LogP) is 12.8. The summed E-state index contributed by atoms with van der Waals surface area (Å²) in [6.07, 6.45) is 5.69. The number of hydrogen-bond acceptors (Lipinski definition) is 1. The SMILES string of the molecule is CN=CN(c1ccccc1C)c1cc2c(cc1-c1ccccc1)C(C)(C)C1=C(C(C)(C)c3cc(-c4ccccc4)c(-n4[c-][n+](C)c5ccccc54)cc3C1(C)C)C2(C)C. The molecule has 0 N–H and O–H groups in total. The molecule has 7 aromatic rings. The number of para-hydroxylation sites is 3. The fourth-order valence-corrected chi connectivity index (χ4v) is 11.3. The molecule has 0 atom stereocenters. The van der Waals surface area contributed by atoms with Gasteiger partial charge in [-0.2, -0.15) is 0 Å². The number of anilines is 2. The van der Waals surface area contributed by atoms with Gasteiger partial charge in [0.05, 0.1) is 35.8 Å². The number of aromatic nitrogens is 2. The first-order chi connectivity index (χ1) is 28.1. The third kappa shape index (κ3) is 5.70. The second-order valence-corrected chi connectivity index (χ2v) is 18.8. The lowest BCUT2D eigenvalue weighted by atomic mass is 9.45. The summed E-state index contributed by atoms with van der Waals surface area (Å²) >= 11 is 0. The monoisotopic (exact) mass is 772 g/mol. The topological polar surface area (TPSA) is 24.4 Å². The largest absolute Gasteiger partial charge is 0.319 e. The summed E-state index contributed by atoms with van der Waals surface area (Å²) in [5, 5.41) is 0. The number of fused-ring (bicyclic) bond motifs is 3. The van der Waals surface area contributed by atoms with E-state index >= 15 is 0 Å². The van der Waals surface area contributed by atoms with Crippen LogP contribution in [0.5, 0.6) is 0 Å². The van der Waals surface area contributed by atoms with Gasteiger partial charge in [-0.1, -0.05) is 171 Å². The second-order valence-electron chi connectivity index (χ2n) is 18.8. The molecule has 9 rings (SSSR count). The molecule has 0 spiro atoms. The fraction of sp³-hybridized carbons (Fsp3) is 0.273. The van der Waals surface area contributed by atoms with Crippen LogP contribution in [0.3, 0.4) is 0 Å². The molecule has 0 aliphatic heterocycles. The van der Waals surface area contributed by atoms with Crippen LogP contribution in [0.15, 0.2) is 150 Å². The average molecular weight is 773 g/mol. The zero-order chi connectivity index (χ0) is 41.6. The smallest absolute Gasteiger partial charge is 0.244 e. The van der Waals surface area contributed by atoms with Crippen molar-refractivity contribution in [2.75, 3.05) is 11.9 Å². The third-order valence-corrected chi connectivity index (χ3v) is 13.7. The van der Waals surface area contributed by atoms with Gasteiger partial charge in [-0.3, -0.25) is 4.99 Å². The molecule has 0 bridgehead atoms. The van der Waals surface area contributed by atoms with Crippen molar-refractivity contribution in [1.82, 2.24) is 4.57 Å². The summed E-state index contributed by atoms with van der Waals surface area (Å²) in [5.74, 6) is 0. The van der Waals surface area contributed by atoms with Crippen molar-refractivity contribution in [3.63, 3.8) is 0 Å². The Labute approximate surface area is 351 Å². The maximum atomic E-state index is 4.64. The minimum atomic E-state index is -0.312. The van der Waals surface area contributed by atoms with Gasteiger partial charge in [0, 0.05) is 40.0 Å². The molecule has 0 unspecified atom stereocenters. The number of nitrogens with zero attached hydrogens (tertiary/aromatic N) is 4. The van der Waals surface area contributed by atoms with Gasteiger partial charge in [0.15, 0.2) is 0 Å². The number of aliphatic imine (C=N–C) groups is 1. The molecule has 0 radical (unpaired) electrons. The highest BCUT2D eigenvalue weighted by Gasteiger charge is 2.56. The van der Waals surface area contributed by atoms with Gasteiger partial charge in [0.2, 0.25) is 6.33 Å². The van der Waals surface area contributed by atoms with Crippen LogP contribution < -0.4 is 9.47 Å². The van der Waals surface area contributed by atoms with Crippen LogP contribution in [-0.2, 0) is 28.7 Å². The lowest BCUT2D eigenvalue weighted by Gasteiger charge is -2.58. The van der Waals surface area contributed by atoms with E-state index < -0.39 is 0 Å². The summed E-state index contributed by atoms with van der Waals surface area (Å²) < 4.78 is 4.40. The number of benzene rings is 6. The zero-order valence-electron chi connectivity index (χ0n) is 36.6. The van der Waals surface area contributed by atoms with Crippen LogP contribution >= 0.6 is 0 Å². The van der Waals surface area contributed by atoms with E-state index in [1.165, 1.54) is 61.2 Å². The molecule has 4 nitrogen and oxygen atoms in total. The van der Waals surface area contributed by atoms with E-state index in [-0.39, 0.29) is 21.7 Å². The van der Waals surface area contributed by atoms with Gasteiger partial charge in [-0.25, -0.2) is 0 Å². The van der Waals surface area contributed by atoms with Gasteiger partial charge in [-0.05, 0) is 80.8 Å². The highest BCUT2D eigenvalue weighted by Crippen LogP contribution is 2.64. The van der Waals surface area contributed by atoms with Gasteiger partial charge >= 0.3 is 0 Å². The average Bonchev–Trinajstić information content (AvgIpc) is 3.56. The molecular formula is C55H56N4. The van der Waals surface area contributed by atoms with Gasteiger partial charge in [0.1, 0.15) is 0 Å². The standard InChI is InChI=1S/C55H56N4/c1-36-22-18-19-27-45(36)58(34-56-10)48-32-43-41(30-39(48)37-23-14-12-15-24-37)52(2,3)51-50(54(43,6)7)53(4,5)42-31-40(38-25-16-13-17-26-38)49(33-44(42)55(51,8)9)59-35-57(11)46-28-20-21-29-47(46)59/h12-34H,1-11H3. The normalized spacial score (nSPS) is 17.1. The maximum Gasteiger partial charge on any atom is 0.244 e. The van der Waals surface area contributed by atoms with Crippen LogP contribution in [-0.4, -0.2) is 18.0 Å². The first-order valence-electron chi connectivity index (χ1n) is 21.0. The Balaban J connectivity index is 1.34. The van der Waals surface area contributed by atoms with Crippen molar-refractivity contribution >= 4 is 28.7 Å². The zero-order valence-corrected chi connectivity index (χ0v) is 36.6. The molecule has 0 fully saturated rings. The highest BCUT2D eigenvalue weighted by atomic mass is 15.2. The van der Waals surface area contributed by atoms with E-state index in [9.17, 15) is 0 Å². The van der Waals surface area contributed by atoms with Crippen molar-refractivity contribution < 1.29 is 4.57 Å². The summed E-state index contributed by atoms with van der Waals surface area (Å²) in [5.41, 5.74) is 19.0. The summed E-state index contributed by atoms with van der Waals surface area (Å²) in [6.45, 7) is 22.0. The van der Waals surface area contributed by atoms with Crippen molar-refractivity contribution in [1.29, 1.82) is 0 Å². The Kier molecular flexibility index (Phi) is 8.83. The first-order valence-corrected chi connectivity index (χ1v) is 21.0. The molecule has 59 heavy (non-hydrogen) atoms. The maximum absolute atomic E-state index is 4.64. The fourth-order valence-electron chi connectivity index (χ4n) is 11.3. The third-order valence-electron chi connectivity index (χ3n) is 13.7. The minimum Gasteiger partial charge on any atom is -0.319 e. The minimum absolute atomic E-state index is 0.299. The molecule has 4 heteroatoms. The molecule has 1 heterocycles. The van der Waals surface area contributed by atoms with E-state index in [0.29, 0.717) is 0 Å². The van der Waals surface area contributed by atoms with Gasteiger partial charge < -0.3 is 14.0 Å². The van der Waals surface area contributed by atoms with Crippen LogP contribution in [0, 0.1) is 13.3 Å². The molecule has 2 aliphatic rings. The highest BCUT2D eigenvalue weighted by molar-refractivity contribution is 5.97. The lowest BCUT2D eigenvalue weighted by Crippen LogP contribution is -2.52. The van der Waals surface area contributed by atoms with Crippen molar-refractivity contribution in [2.24, 2.45) is 12.0 Å². The summed E-state index contributed by atoms with van der Waals surface area (Å²) in [4.78, 5) is 6.94. The van der Waals surface area contributed by atoms with Crippen LogP contribution in [0.2, 0.25) is 0 Å². The Morgan fingerprint density at radius 1 is 0.559 bits per heavy atom. The molecule has 296 valence electrons. The molecule has 0 saturated heterocycles. The quantitative estimate of drug-likeness (QED) is 0.0543. The molecular weight excluding hydrogens is 717 g/mol. The Morgan fingerprint density at radius 3 is 1.61 bits per heavy atom. The van der Waals surface area contributed by atoms with Crippen molar-refractivity contribution in [3.8, 4) is 27.9 Å². The van der Waals surface area contributed by atoms with Gasteiger partial charge in [-0.15, -0.1) is 0 Å². The molecule has 0 amide bonds. The molecule has 6 aromatic carbocycles. The molecule has 0 saturated carbocycles. The number of imidazole rings is 1. The van der Waals surface area contributed by atoms with E-state index in [4.69, 9.17) is 0 Å². The molecule has 1 aromatic heterocycles. The Hall–Kier alpha value is -6.00. The summed E-state index contributed by atoms with van der Waals surface area (Å²) in [6, 6.07) is 49.1. The second kappa shape index (κ2) is 13.5. The van der Waals surface area contributed by atoms with E-state index in [2.05, 4.69) is 228 Å². The van der Waals surface area contributed by atoms with E-state index in [0.717, 1.165) is 28.1 Å². The van der Waals surface area contributed by atoms with Crippen LogP contribution in [0.4, 0.5) is 11.4 Å². The van der Waals surface area contributed by atoms with E-state index in [1.54, 1.807) is 0 Å². The Bertz CT molecular complexity index is 2850. The summed E-state index contributed by atoms with van der Waals surface area (Å²) in [7, 11) is 3.96. The van der Waals surface area contributed by atoms with Crippen molar-refractivity contribution in [3.05, 3.63) is 179 Å². The lowest BCUT2D eigenvalue weighted by molar-refractivity contribution is -0.649. The number of rotatable bonds is 6. The van der Waals surface area contributed by atoms with E-state index in [1.807, 2.05) is 13.4 Å². The first kappa shape index (κ1) is 38.5. The van der Waals surface area contributed by atoms with Crippen LogP contribution in [0.25, 0.3) is 39.0 Å². The Morgan fingerprint density at radius 2 is 1.03 bits per heavy atom. The number of allylic oxidation sites excluding steroid dienone is 2. The number of aryl methyl sites for hydroxylation is 2. The predicted molar refractivity (Wildman–Crippen MR) is 247 cm³/mol. The van der Waals surface area contributed by atoms with Crippen LogP contribution in [0.1, 0.15) is 83.2 Å². The molecule has 2 aliphatic carbocycles. The number of hydrogen-bond donors (Lipinski definition) is 0.